The summed E-state index contributed by atoms with van der Waals surface area (Å²) in [6.45, 7) is 3.38. The predicted molar refractivity (Wildman–Crippen MR) is 104 cm³/mol. The number of hydrogen-bond donors (Lipinski definition) is 2. The number of likely N-dealkylation sites (tertiary alicyclic amines) is 1. The number of β-amino-alcohol motifs (C(OH)–C–C–N with tert-alkyl or cyclic N) is 1. The molecule has 1 aliphatic rings. The summed E-state index contributed by atoms with van der Waals surface area (Å²) >= 11 is 0. The molecule has 1 unspecified atom stereocenters. The number of aromatic nitrogens is 1. The lowest BCUT2D eigenvalue weighted by molar-refractivity contribution is -0.140. The van der Waals surface area contributed by atoms with Crippen LogP contribution < -0.4 is 5.32 Å². The fourth-order valence-electron chi connectivity index (χ4n) is 3.95. The lowest BCUT2D eigenvalue weighted by Gasteiger charge is -2.34. The number of aliphatic hydroxyl groups is 1. The molecule has 28 heavy (non-hydrogen) atoms. The fourth-order valence-corrected chi connectivity index (χ4v) is 3.95. The number of alkyl halides is 3. The zero-order valence-electron chi connectivity index (χ0n) is 16.3. The van der Waals surface area contributed by atoms with Gasteiger partial charge in [0.1, 0.15) is 6.54 Å². The Kier molecular flexibility index (Phi) is 6.52. The van der Waals surface area contributed by atoms with Crippen molar-refractivity contribution in [2.24, 2.45) is 0 Å². The first kappa shape index (κ1) is 21.0. The predicted octanol–water partition coefficient (Wildman–Crippen LogP) is 3.40. The van der Waals surface area contributed by atoms with Gasteiger partial charge in [-0.15, -0.1) is 0 Å². The van der Waals surface area contributed by atoms with Crippen molar-refractivity contribution in [1.82, 2.24) is 9.47 Å². The van der Waals surface area contributed by atoms with Crippen LogP contribution in [0.25, 0.3) is 10.9 Å². The molecule has 1 aromatic heterocycles. The second-order valence-electron chi connectivity index (χ2n) is 7.55. The van der Waals surface area contributed by atoms with E-state index < -0.39 is 18.8 Å². The highest BCUT2D eigenvalue weighted by Crippen LogP contribution is 2.31. The second-order valence-corrected chi connectivity index (χ2v) is 7.55. The van der Waals surface area contributed by atoms with Crippen LogP contribution in [-0.4, -0.2) is 66.2 Å². The van der Waals surface area contributed by atoms with Crippen LogP contribution in [0.5, 0.6) is 0 Å². The van der Waals surface area contributed by atoms with Gasteiger partial charge in [-0.05, 0) is 38.0 Å². The maximum Gasteiger partial charge on any atom is 0.406 e. The van der Waals surface area contributed by atoms with Crippen molar-refractivity contribution in [2.75, 3.05) is 38.7 Å². The minimum absolute atomic E-state index is 0.257. The molecule has 0 bridgehead atoms. The molecular weight excluding hydrogens is 371 g/mol. The minimum atomic E-state index is -4.25. The normalized spacial score (nSPS) is 17.9. The van der Waals surface area contributed by atoms with Gasteiger partial charge in [0.05, 0.1) is 18.2 Å². The first-order chi connectivity index (χ1) is 13.3. The van der Waals surface area contributed by atoms with Crippen molar-refractivity contribution >= 4 is 16.6 Å². The number of benzene rings is 1. The highest BCUT2D eigenvalue weighted by atomic mass is 19.4. The van der Waals surface area contributed by atoms with Gasteiger partial charge < -0.3 is 24.6 Å². The van der Waals surface area contributed by atoms with Crippen molar-refractivity contribution < 1.29 is 23.0 Å². The molecule has 0 aliphatic carbocycles. The van der Waals surface area contributed by atoms with Crippen LogP contribution >= 0.6 is 0 Å². The van der Waals surface area contributed by atoms with Crippen LogP contribution in [-0.2, 0) is 11.3 Å². The quantitative estimate of drug-likeness (QED) is 0.749. The van der Waals surface area contributed by atoms with E-state index in [9.17, 15) is 18.3 Å². The third-order valence-electron chi connectivity index (χ3n) is 5.27. The Bertz CT molecular complexity index is 783. The molecule has 0 saturated carbocycles. The topological polar surface area (TPSA) is 49.7 Å². The summed E-state index contributed by atoms with van der Waals surface area (Å²) in [4.78, 5) is 2.21. The molecule has 5 nitrogen and oxygen atoms in total. The van der Waals surface area contributed by atoms with Gasteiger partial charge in [0, 0.05) is 49.6 Å². The first-order valence-corrected chi connectivity index (χ1v) is 9.58. The van der Waals surface area contributed by atoms with Crippen LogP contribution in [0.1, 0.15) is 18.5 Å². The zero-order chi connectivity index (χ0) is 20.3. The van der Waals surface area contributed by atoms with E-state index in [-0.39, 0.29) is 6.04 Å². The van der Waals surface area contributed by atoms with Crippen LogP contribution in [0.4, 0.5) is 18.9 Å². The Morgan fingerprint density at radius 3 is 2.64 bits per heavy atom. The van der Waals surface area contributed by atoms with Crippen LogP contribution in [0.15, 0.2) is 24.3 Å². The molecular formula is C20H28F3N3O2. The Labute approximate surface area is 163 Å². The molecule has 2 aromatic rings. The summed E-state index contributed by atoms with van der Waals surface area (Å²) < 4.78 is 45.0. The summed E-state index contributed by atoms with van der Waals surface area (Å²) in [5.41, 5.74) is 2.07. The van der Waals surface area contributed by atoms with Gasteiger partial charge in [0.15, 0.2) is 0 Å². The monoisotopic (exact) mass is 399 g/mol. The van der Waals surface area contributed by atoms with E-state index >= 15 is 0 Å². The van der Waals surface area contributed by atoms with Crippen molar-refractivity contribution in [3.63, 3.8) is 0 Å². The second kappa shape index (κ2) is 8.71. The van der Waals surface area contributed by atoms with Gasteiger partial charge in [-0.1, -0.05) is 6.07 Å². The largest absolute Gasteiger partial charge is 0.406 e. The number of ether oxygens (including phenoxy) is 1. The Morgan fingerprint density at radius 1 is 1.29 bits per heavy atom. The lowest BCUT2D eigenvalue weighted by atomic mass is 10.0. The lowest BCUT2D eigenvalue weighted by Crippen LogP contribution is -2.43. The van der Waals surface area contributed by atoms with Crippen molar-refractivity contribution in [1.29, 1.82) is 0 Å². The number of hydrogen-bond acceptors (Lipinski definition) is 4. The average molecular weight is 399 g/mol. The molecule has 0 radical (unpaired) electrons. The number of aryl methyl sites for hydroxylation is 1. The maximum absolute atomic E-state index is 12.9. The van der Waals surface area contributed by atoms with Crippen molar-refractivity contribution in [3.05, 3.63) is 30.0 Å². The average Bonchev–Trinajstić information content (AvgIpc) is 2.92. The summed E-state index contributed by atoms with van der Waals surface area (Å²) in [5, 5.41) is 14.2. The maximum atomic E-state index is 12.9. The molecule has 156 valence electrons. The molecule has 1 aromatic carbocycles. The summed E-state index contributed by atoms with van der Waals surface area (Å²) in [5.74, 6) is 0. The van der Waals surface area contributed by atoms with E-state index in [4.69, 9.17) is 4.74 Å². The van der Waals surface area contributed by atoms with Gasteiger partial charge >= 0.3 is 6.18 Å². The molecule has 2 N–H and O–H groups in total. The number of methoxy groups -OCH3 is 1. The van der Waals surface area contributed by atoms with Gasteiger partial charge in [0.2, 0.25) is 0 Å². The van der Waals surface area contributed by atoms with E-state index in [0.29, 0.717) is 24.4 Å². The number of halogens is 3. The number of anilines is 1. The van der Waals surface area contributed by atoms with E-state index in [1.807, 2.05) is 12.1 Å². The molecule has 0 amide bonds. The molecule has 3 rings (SSSR count). The summed E-state index contributed by atoms with van der Waals surface area (Å²) in [6, 6.07) is 7.54. The smallest absolute Gasteiger partial charge is 0.389 e. The third kappa shape index (κ3) is 5.18. The number of nitrogens with zero attached hydrogens (tertiary/aromatic N) is 2. The first-order valence-electron chi connectivity index (χ1n) is 9.58. The minimum Gasteiger partial charge on any atom is -0.389 e. The van der Waals surface area contributed by atoms with Gasteiger partial charge in [-0.3, -0.25) is 0 Å². The molecule has 1 saturated heterocycles. The number of nitrogens with one attached hydrogen (secondary N) is 1. The van der Waals surface area contributed by atoms with E-state index in [2.05, 4.69) is 10.2 Å². The van der Waals surface area contributed by atoms with E-state index in [0.717, 1.165) is 37.0 Å². The Morgan fingerprint density at radius 2 is 2.00 bits per heavy atom. The van der Waals surface area contributed by atoms with Crippen LogP contribution in [0.3, 0.4) is 0 Å². The number of aliphatic hydroxyl groups excluding tert-OH is 1. The standard InChI is InChI=1S/C20H28F3N3O2/c1-14-10-17-18(4-3-5-19(17)26(14)13-20(21,22)23)24-15-6-8-25(9-7-15)11-16(27)12-28-2/h3-5,10,15-16,24,27H,6-9,11-13H2,1-2H3. The van der Waals surface area contributed by atoms with Gasteiger partial charge in [-0.25, -0.2) is 0 Å². The summed E-state index contributed by atoms with van der Waals surface area (Å²) in [6.07, 6.45) is -2.91. The van der Waals surface area contributed by atoms with Crippen molar-refractivity contribution in [2.45, 2.75) is 44.6 Å². The Hall–Kier alpha value is -1.77. The molecule has 8 heteroatoms. The molecule has 1 aliphatic heterocycles. The van der Waals surface area contributed by atoms with Crippen LogP contribution in [0, 0.1) is 6.92 Å². The van der Waals surface area contributed by atoms with E-state index in [1.165, 1.54) is 4.57 Å². The fraction of sp³-hybridized carbons (Fsp3) is 0.600. The molecule has 1 atom stereocenters. The number of fused-ring (bicyclic) bond motifs is 1. The Balaban J connectivity index is 1.66. The number of rotatable bonds is 7. The molecule has 1 fully saturated rings. The highest BCUT2D eigenvalue weighted by molar-refractivity contribution is 5.93. The SMILES string of the molecule is COCC(O)CN1CCC(Nc2cccc3c2cc(C)n3CC(F)(F)F)CC1. The zero-order valence-corrected chi connectivity index (χ0v) is 16.3. The number of piperidine rings is 1. The van der Waals surface area contributed by atoms with Crippen LogP contribution in [0.2, 0.25) is 0 Å². The van der Waals surface area contributed by atoms with Gasteiger partial charge in [-0.2, -0.15) is 13.2 Å². The van der Waals surface area contributed by atoms with Gasteiger partial charge in [0.25, 0.3) is 0 Å². The van der Waals surface area contributed by atoms with Crippen molar-refractivity contribution in [3.8, 4) is 0 Å². The highest BCUT2D eigenvalue weighted by Gasteiger charge is 2.29. The third-order valence-corrected chi connectivity index (χ3v) is 5.27. The molecule has 2 heterocycles. The molecule has 0 spiro atoms. The summed E-state index contributed by atoms with van der Waals surface area (Å²) in [7, 11) is 1.57. The van der Waals surface area contributed by atoms with E-state index in [1.54, 1.807) is 26.2 Å².